The third-order valence-electron chi connectivity index (χ3n) is 5.50. The van der Waals surface area contributed by atoms with Crippen molar-refractivity contribution in [1.29, 1.82) is 0 Å². The zero-order valence-electron chi connectivity index (χ0n) is 19.9. The molecule has 0 N–H and O–H groups in total. The number of hydrogen-bond acceptors (Lipinski definition) is 7. The third-order valence-corrected chi connectivity index (χ3v) is 7.36. The van der Waals surface area contributed by atoms with Crippen LogP contribution in [0.15, 0.2) is 68.0 Å². The van der Waals surface area contributed by atoms with Crippen molar-refractivity contribution in [2.75, 3.05) is 26.9 Å². The number of allylic oxidation sites excluding steroid dienone is 1. The first-order valence-corrected chi connectivity index (χ1v) is 13.2. The fourth-order valence-corrected chi connectivity index (χ4v) is 5.55. The van der Waals surface area contributed by atoms with Crippen molar-refractivity contribution >= 4 is 50.9 Å². The van der Waals surface area contributed by atoms with Gasteiger partial charge < -0.3 is 14.2 Å². The van der Waals surface area contributed by atoms with Crippen LogP contribution in [0.3, 0.4) is 0 Å². The number of halogens is 2. The van der Waals surface area contributed by atoms with E-state index in [-0.39, 0.29) is 18.8 Å². The van der Waals surface area contributed by atoms with E-state index in [1.165, 1.54) is 18.4 Å². The summed E-state index contributed by atoms with van der Waals surface area (Å²) in [5.74, 6) is 0.184. The molecule has 3 aromatic rings. The number of aromatic nitrogens is 1. The lowest BCUT2D eigenvalue weighted by Crippen LogP contribution is -2.40. The van der Waals surface area contributed by atoms with Crippen LogP contribution in [-0.4, -0.2) is 37.5 Å². The highest BCUT2D eigenvalue weighted by atomic mass is 79.9. The summed E-state index contributed by atoms with van der Waals surface area (Å²) in [5, 5.41) is 0.553. The standard InChI is InChI=1S/C26H24BrClN2O5S/c1-4-34-20-10-5-16(13-19(20)27)14-21-24(31)30-23(17-6-8-18(28)9-7-17)22(15(2)29-26(30)36-21)25(32)35-12-11-33-3/h5-10,13-14,23H,4,11-12H2,1-3H3. The van der Waals surface area contributed by atoms with E-state index in [4.69, 9.17) is 25.8 Å². The van der Waals surface area contributed by atoms with Gasteiger partial charge in [-0.2, -0.15) is 0 Å². The molecule has 0 fully saturated rings. The number of rotatable bonds is 8. The minimum atomic E-state index is -0.706. The van der Waals surface area contributed by atoms with Crippen LogP contribution in [0.25, 0.3) is 6.08 Å². The van der Waals surface area contributed by atoms with E-state index in [0.29, 0.717) is 32.2 Å². The van der Waals surface area contributed by atoms with Crippen LogP contribution in [-0.2, 0) is 14.3 Å². The Hall–Kier alpha value is -2.72. The second-order valence-corrected chi connectivity index (χ2v) is 10.2. The Morgan fingerprint density at radius 1 is 1.22 bits per heavy atom. The molecule has 0 amide bonds. The smallest absolute Gasteiger partial charge is 0.338 e. The summed E-state index contributed by atoms with van der Waals surface area (Å²) in [6.45, 7) is 4.58. The molecular formula is C26H24BrClN2O5S. The second-order valence-electron chi connectivity index (χ2n) is 7.88. The molecule has 188 valence electrons. The van der Waals surface area contributed by atoms with Crippen molar-refractivity contribution in [3.63, 3.8) is 0 Å². The predicted octanol–water partition coefficient (Wildman–Crippen LogP) is 4.24. The molecular weight excluding hydrogens is 568 g/mol. The molecule has 7 nitrogen and oxygen atoms in total. The van der Waals surface area contributed by atoms with Gasteiger partial charge in [-0.25, -0.2) is 9.79 Å². The summed E-state index contributed by atoms with van der Waals surface area (Å²) < 4.78 is 18.8. The van der Waals surface area contributed by atoms with Gasteiger partial charge in [0.05, 0.1) is 39.5 Å². The predicted molar refractivity (Wildman–Crippen MR) is 143 cm³/mol. The minimum absolute atomic E-state index is 0.0937. The van der Waals surface area contributed by atoms with E-state index in [1.54, 1.807) is 41.8 Å². The van der Waals surface area contributed by atoms with Crippen molar-refractivity contribution in [2.24, 2.45) is 4.99 Å². The van der Waals surface area contributed by atoms with Gasteiger partial charge in [-0.05, 0) is 71.2 Å². The Morgan fingerprint density at radius 3 is 2.64 bits per heavy atom. The van der Waals surface area contributed by atoms with Crippen LogP contribution in [0, 0.1) is 0 Å². The van der Waals surface area contributed by atoms with Gasteiger partial charge in [0.2, 0.25) is 0 Å². The minimum Gasteiger partial charge on any atom is -0.493 e. The highest BCUT2D eigenvalue weighted by molar-refractivity contribution is 9.10. The molecule has 36 heavy (non-hydrogen) atoms. The number of thiazole rings is 1. The lowest BCUT2D eigenvalue weighted by Gasteiger charge is -2.24. The summed E-state index contributed by atoms with van der Waals surface area (Å²) >= 11 is 10.9. The van der Waals surface area contributed by atoms with E-state index >= 15 is 0 Å². The first-order chi connectivity index (χ1) is 17.3. The Bertz CT molecular complexity index is 1490. The number of esters is 1. The van der Waals surface area contributed by atoms with Gasteiger partial charge in [-0.1, -0.05) is 41.1 Å². The zero-order valence-corrected chi connectivity index (χ0v) is 23.1. The number of carbonyl (C=O) groups excluding carboxylic acids is 1. The highest BCUT2D eigenvalue weighted by Gasteiger charge is 2.33. The van der Waals surface area contributed by atoms with Gasteiger partial charge >= 0.3 is 5.97 Å². The van der Waals surface area contributed by atoms with Crippen molar-refractivity contribution in [3.05, 3.63) is 94.0 Å². The van der Waals surface area contributed by atoms with Crippen molar-refractivity contribution in [1.82, 2.24) is 4.57 Å². The first kappa shape index (κ1) is 26.3. The quantitative estimate of drug-likeness (QED) is 0.289. The first-order valence-electron chi connectivity index (χ1n) is 11.2. The lowest BCUT2D eigenvalue weighted by molar-refractivity contribution is -0.140. The summed E-state index contributed by atoms with van der Waals surface area (Å²) in [7, 11) is 1.53. The monoisotopic (exact) mass is 590 g/mol. The van der Waals surface area contributed by atoms with Gasteiger partial charge in [-0.15, -0.1) is 0 Å². The third kappa shape index (κ3) is 5.49. The summed E-state index contributed by atoms with van der Waals surface area (Å²) in [6.07, 6.45) is 1.80. The molecule has 10 heteroatoms. The highest BCUT2D eigenvalue weighted by Crippen LogP contribution is 2.31. The second kappa shape index (κ2) is 11.6. The number of nitrogens with zero attached hydrogens (tertiary/aromatic N) is 2. The number of carbonyl (C=O) groups is 1. The van der Waals surface area contributed by atoms with Gasteiger partial charge in [-0.3, -0.25) is 9.36 Å². The van der Waals surface area contributed by atoms with E-state index in [2.05, 4.69) is 20.9 Å². The van der Waals surface area contributed by atoms with Crippen LogP contribution in [0.5, 0.6) is 5.75 Å². The SMILES string of the molecule is CCOc1ccc(C=c2sc3n(c2=O)C(c2ccc(Cl)cc2)C(C(=O)OCCOC)=C(C)N=3)cc1Br. The number of benzene rings is 2. The maximum atomic E-state index is 13.7. The Balaban J connectivity index is 1.84. The van der Waals surface area contributed by atoms with Crippen LogP contribution >= 0.6 is 38.9 Å². The topological polar surface area (TPSA) is 79.1 Å². The number of fused-ring (bicyclic) bond motifs is 1. The van der Waals surface area contributed by atoms with Crippen LogP contribution in [0.2, 0.25) is 5.02 Å². The molecule has 1 unspecified atom stereocenters. The number of hydrogen-bond donors (Lipinski definition) is 0. The molecule has 0 saturated heterocycles. The van der Waals surface area contributed by atoms with Crippen LogP contribution in [0.1, 0.15) is 31.0 Å². The van der Waals surface area contributed by atoms with Gasteiger partial charge in [0.15, 0.2) is 4.80 Å². The van der Waals surface area contributed by atoms with Crippen molar-refractivity contribution < 1.29 is 19.0 Å². The summed E-state index contributed by atoms with van der Waals surface area (Å²) in [4.78, 5) is 31.9. The average molecular weight is 592 g/mol. The fourth-order valence-electron chi connectivity index (χ4n) is 3.87. The van der Waals surface area contributed by atoms with Crippen molar-refractivity contribution in [2.45, 2.75) is 19.9 Å². The van der Waals surface area contributed by atoms with E-state index in [1.807, 2.05) is 25.1 Å². The van der Waals surface area contributed by atoms with E-state index in [9.17, 15) is 9.59 Å². The molecule has 2 heterocycles. The molecule has 1 aromatic heterocycles. The normalized spacial score (nSPS) is 15.5. The molecule has 1 aliphatic heterocycles. The lowest BCUT2D eigenvalue weighted by atomic mass is 9.96. The maximum Gasteiger partial charge on any atom is 0.338 e. The molecule has 1 aliphatic rings. The molecule has 1 atom stereocenters. The Labute approximate surface area is 225 Å². The average Bonchev–Trinajstić information content (AvgIpc) is 3.15. The van der Waals surface area contributed by atoms with Gasteiger partial charge in [0.25, 0.3) is 5.56 Å². The number of ether oxygens (including phenoxy) is 3. The van der Waals surface area contributed by atoms with Crippen molar-refractivity contribution in [3.8, 4) is 5.75 Å². The van der Waals surface area contributed by atoms with Crippen LogP contribution in [0.4, 0.5) is 0 Å². The Kier molecular flexibility index (Phi) is 8.46. The molecule has 2 aromatic carbocycles. The Morgan fingerprint density at radius 2 is 1.97 bits per heavy atom. The molecule has 4 rings (SSSR count). The number of methoxy groups -OCH3 is 1. The zero-order chi connectivity index (χ0) is 25.8. The van der Waals surface area contributed by atoms with E-state index in [0.717, 1.165) is 21.3 Å². The molecule has 0 aliphatic carbocycles. The summed E-state index contributed by atoms with van der Waals surface area (Å²) in [5.41, 5.74) is 2.10. The van der Waals surface area contributed by atoms with Crippen LogP contribution < -0.4 is 19.6 Å². The largest absolute Gasteiger partial charge is 0.493 e. The molecule has 0 spiro atoms. The maximum absolute atomic E-state index is 13.7. The van der Waals surface area contributed by atoms with Gasteiger partial charge in [0.1, 0.15) is 12.4 Å². The molecule has 0 bridgehead atoms. The van der Waals surface area contributed by atoms with E-state index < -0.39 is 12.0 Å². The molecule has 0 radical (unpaired) electrons. The van der Waals surface area contributed by atoms with Gasteiger partial charge in [0, 0.05) is 12.1 Å². The summed E-state index contributed by atoms with van der Waals surface area (Å²) in [6, 6.07) is 12.0. The molecule has 0 saturated carbocycles. The fraction of sp³-hybridized carbons (Fsp3) is 0.269.